The molecule has 0 N–H and O–H groups in total. The second kappa shape index (κ2) is 6.94. The second-order valence-electron chi connectivity index (χ2n) is 11.0. The molecule has 0 atom stereocenters. The first-order chi connectivity index (χ1) is 15.9. The van der Waals surface area contributed by atoms with Crippen LogP contribution in [0.5, 0.6) is 0 Å². The van der Waals surface area contributed by atoms with E-state index in [0.717, 1.165) is 74.3 Å². The van der Waals surface area contributed by atoms with Crippen molar-refractivity contribution in [3.05, 3.63) is 28.2 Å². The van der Waals surface area contributed by atoms with Gasteiger partial charge in [-0.1, -0.05) is 0 Å². The van der Waals surface area contributed by atoms with Gasteiger partial charge in [0, 0.05) is 62.2 Å². The van der Waals surface area contributed by atoms with E-state index in [4.69, 9.17) is 0 Å². The van der Waals surface area contributed by atoms with Crippen LogP contribution in [0.1, 0.15) is 59.8 Å². The van der Waals surface area contributed by atoms with Crippen molar-refractivity contribution in [2.75, 3.05) is 39.3 Å². The van der Waals surface area contributed by atoms with Crippen LogP contribution in [0.2, 0.25) is 0 Å². The predicted molar refractivity (Wildman–Crippen MR) is 116 cm³/mol. The summed E-state index contributed by atoms with van der Waals surface area (Å²) in [6.07, 6.45) is 5.35. The molecule has 11 heteroatoms. The Labute approximate surface area is 194 Å². The molecule has 5 fully saturated rings. The average molecular weight is 476 g/mol. The van der Waals surface area contributed by atoms with Crippen molar-refractivity contribution in [3.8, 4) is 0 Å². The highest BCUT2D eigenvalue weighted by molar-refractivity contribution is 7.11. The number of hydrogen-bond donors (Lipinski definition) is 0. The molecule has 0 bridgehead atoms. The highest BCUT2D eigenvalue weighted by Crippen LogP contribution is 2.54. The topological polar surface area (TPSA) is 70.4 Å². The summed E-state index contributed by atoms with van der Waals surface area (Å²) >= 11 is 1.09. The fourth-order valence-electron chi connectivity index (χ4n) is 6.28. The summed E-state index contributed by atoms with van der Waals surface area (Å²) in [6.45, 7) is 5.77. The third-order valence-electron chi connectivity index (χ3n) is 8.09. The Morgan fingerprint density at radius 3 is 2.39 bits per heavy atom. The summed E-state index contributed by atoms with van der Waals surface area (Å²) in [5.74, 6) is 1.59. The maximum atomic E-state index is 12.9. The molecule has 5 aliphatic rings. The van der Waals surface area contributed by atoms with Crippen LogP contribution < -0.4 is 0 Å². The standard InChI is InChI=1S/C22H27F2N7OS/c23-18(24)16-5-25-17(33-16)6-28-7-22(8-28)11-30(12-22)20(32)29-9-21(10-29)3-15(4-21)31-13-26-19(27-31)14-1-2-14/h5,13-15,18H,1-4,6-12H2. The molecule has 176 valence electrons. The lowest BCUT2D eigenvalue weighted by molar-refractivity contribution is -0.120. The summed E-state index contributed by atoms with van der Waals surface area (Å²) in [5, 5.41) is 5.41. The molecule has 2 aromatic rings. The van der Waals surface area contributed by atoms with E-state index in [1.54, 1.807) is 0 Å². The largest absolute Gasteiger partial charge is 0.323 e. The van der Waals surface area contributed by atoms with Crippen LogP contribution in [0, 0.1) is 10.8 Å². The van der Waals surface area contributed by atoms with E-state index < -0.39 is 6.43 Å². The van der Waals surface area contributed by atoms with Crippen LogP contribution in [-0.4, -0.2) is 79.7 Å². The fraction of sp³-hybridized carbons (Fsp3) is 0.727. The number of thiazole rings is 1. The van der Waals surface area contributed by atoms with Gasteiger partial charge in [0.25, 0.3) is 6.43 Å². The number of hydrogen-bond acceptors (Lipinski definition) is 6. The SMILES string of the molecule is O=C(N1CC2(CC(n3cnc(C4CC4)n3)C2)C1)N1CC2(CN(Cc3ncc(C(F)F)s3)C2)C1. The molecule has 33 heavy (non-hydrogen) atoms. The third kappa shape index (κ3) is 3.38. The van der Waals surface area contributed by atoms with E-state index in [9.17, 15) is 13.6 Å². The minimum Gasteiger partial charge on any atom is -0.323 e. The first kappa shape index (κ1) is 20.3. The minimum atomic E-state index is -2.45. The Hall–Kier alpha value is -2.14. The van der Waals surface area contributed by atoms with Gasteiger partial charge in [-0.15, -0.1) is 11.3 Å². The Morgan fingerprint density at radius 2 is 1.76 bits per heavy atom. The molecule has 0 unspecified atom stereocenters. The molecular formula is C22H27F2N7OS. The first-order valence-corrected chi connectivity index (χ1v) is 12.6. The van der Waals surface area contributed by atoms with Gasteiger partial charge in [0.15, 0.2) is 5.82 Å². The zero-order chi connectivity index (χ0) is 22.4. The van der Waals surface area contributed by atoms with E-state index in [1.807, 2.05) is 20.8 Å². The number of carbonyl (C=O) groups excluding carboxylic acids is 1. The quantitative estimate of drug-likeness (QED) is 0.665. The van der Waals surface area contributed by atoms with Gasteiger partial charge in [-0.05, 0) is 25.7 Å². The lowest BCUT2D eigenvalue weighted by Crippen LogP contribution is -2.75. The number of nitrogens with zero attached hydrogens (tertiary/aromatic N) is 7. The average Bonchev–Trinajstić information content (AvgIpc) is 3.20. The molecule has 5 heterocycles. The van der Waals surface area contributed by atoms with Gasteiger partial charge in [0.1, 0.15) is 11.3 Å². The van der Waals surface area contributed by atoms with Crippen LogP contribution in [0.4, 0.5) is 13.6 Å². The second-order valence-corrected chi connectivity index (χ2v) is 12.2. The van der Waals surface area contributed by atoms with Crippen LogP contribution in [0.15, 0.2) is 12.5 Å². The Kier molecular flexibility index (Phi) is 4.26. The van der Waals surface area contributed by atoms with Gasteiger partial charge in [0.05, 0.1) is 17.5 Å². The van der Waals surface area contributed by atoms with Crippen molar-refractivity contribution in [3.63, 3.8) is 0 Å². The summed E-state index contributed by atoms with van der Waals surface area (Å²) in [5.41, 5.74) is 0.474. The van der Waals surface area contributed by atoms with Crippen LogP contribution in [0.3, 0.4) is 0 Å². The third-order valence-corrected chi connectivity index (χ3v) is 9.08. The van der Waals surface area contributed by atoms with Gasteiger partial charge < -0.3 is 9.80 Å². The highest BCUT2D eigenvalue weighted by atomic mass is 32.1. The summed E-state index contributed by atoms with van der Waals surface area (Å²) < 4.78 is 27.5. The smallest absolute Gasteiger partial charge is 0.320 e. The van der Waals surface area contributed by atoms with Crippen molar-refractivity contribution >= 4 is 17.4 Å². The Morgan fingerprint density at radius 1 is 1.06 bits per heavy atom. The van der Waals surface area contributed by atoms with E-state index in [1.165, 1.54) is 19.0 Å². The van der Waals surface area contributed by atoms with Gasteiger partial charge in [0.2, 0.25) is 0 Å². The van der Waals surface area contributed by atoms with E-state index in [-0.39, 0.29) is 21.7 Å². The maximum Gasteiger partial charge on any atom is 0.320 e. The lowest BCUT2D eigenvalue weighted by Gasteiger charge is -2.63. The first-order valence-electron chi connectivity index (χ1n) is 11.8. The Bertz CT molecular complexity index is 1070. The summed E-state index contributed by atoms with van der Waals surface area (Å²) in [4.78, 5) is 27.7. The molecule has 2 spiro atoms. The summed E-state index contributed by atoms with van der Waals surface area (Å²) in [6, 6.07) is 0.608. The molecule has 2 aliphatic carbocycles. The predicted octanol–water partition coefficient (Wildman–Crippen LogP) is 3.12. The molecule has 3 saturated heterocycles. The number of carbonyl (C=O) groups is 1. The van der Waals surface area contributed by atoms with E-state index in [0.29, 0.717) is 18.5 Å². The zero-order valence-corrected chi connectivity index (χ0v) is 19.2. The maximum absolute atomic E-state index is 12.9. The van der Waals surface area contributed by atoms with Gasteiger partial charge >= 0.3 is 6.03 Å². The van der Waals surface area contributed by atoms with Crippen LogP contribution >= 0.6 is 11.3 Å². The number of halogens is 2. The van der Waals surface area contributed by atoms with Crippen molar-refractivity contribution in [1.29, 1.82) is 0 Å². The Balaban J connectivity index is 0.845. The number of urea groups is 1. The van der Waals surface area contributed by atoms with Crippen LogP contribution in [0.25, 0.3) is 0 Å². The monoisotopic (exact) mass is 475 g/mol. The highest BCUT2D eigenvalue weighted by Gasteiger charge is 2.58. The number of rotatable bonds is 5. The van der Waals surface area contributed by atoms with E-state index >= 15 is 0 Å². The zero-order valence-electron chi connectivity index (χ0n) is 18.4. The van der Waals surface area contributed by atoms with Gasteiger partial charge in [-0.3, -0.25) is 4.90 Å². The lowest BCUT2D eigenvalue weighted by atomic mass is 9.60. The molecule has 2 amide bonds. The molecule has 3 aliphatic heterocycles. The minimum absolute atomic E-state index is 0.0371. The molecular weight excluding hydrogens is 448 g/mol. The number of alkyl halides is 2. The van der Waals surface area contributed by atoms with Crippen LogP contribution in [-0.2, 0) is 6.54 Å². The molecule has 8 nitrogen and oxygen atoms in total. The van der Waals surface area contributed by atoms with Crippen molar-refractivity contribution in [2.45, 2.75) is 50.6 Å². The molecule has 0 aromatic carbocycles. The van der Waals surface area contributed by atoms with Gasteiger partial charge in [-0.25, -0.2) is 28.2 Å². The van der Waals surface area contributed by atoms with Gasteiger partial charge in [-0.2, -0.15) is 5.10 Å². The van der Waals surface area contributed by atoms with Crippen molar-refractivity contribution < 1.29 is 13.6 Å². The summed E-state index contributed by atoms with van der Waals surface area (Å²) in [7, 11) is 0. The fourth-order valence-corrected chi connectivity index (χ4v) is 7.10. The molecule has 2 saturated carbocycles. The van der Waals surface area contributed by atoms with E-state index in [2.05, 4.69) is 20.0 Å². The van der Waals surface area contributed by atoms with Crippen molar-refractivity contribution in [1.82, 2.24) is 34.4 Å². The van der Waals surface area contributed by atoms with Crippen molar-refractivity contribution in [2.24, 2.45) is 10.8 Å². The molecule has 0 radical (unpaired) electrons. The number of aromatic nitrogens is 4. The molecule has 2 aromatic heterocycles. The molecule has 7 rings (SSSR count). The normalized spacial score (nSPS) is 25.8. The number of likely N-dealkylation sites (tertiary alicyclic amines) is 3. The number of amides is 2.